The fraction of sp³-hybridized carbons (Fsp3) is 0.500. The first-order valence-corrected chi connectivity index (χ1v) is 6.99. The minimum Gasteiger partial charge on any atom is -0.369 e. The van der Waals surface area contributed by atoms with Crippen molar-refractivity contribution in [1.29, 1.82) is 0 Å². The number of nitrogens with two attached hydrogens (primary N) is 1. The van der Waals surface area contributed by atoms with Gasteiger partial charge in [0.25, 0.3) is 0 Å². The number of imidazole rings is 1. The number of hydrogen-bond donors (Lipinski definition) is 1. The van der Waals surface area contributed by atoms with E-state index >= 15 is 0 Å². The fourth-order valence-corrected chi connectivity index (χ4v) is 2.83. The predicted octanol–water partition coefficient (Wildman–Crippen LogP) is 4.02. The Balaban J connectivity index is 2.07. The van der Waals surface area contributed by atoms with Crippen molar-refractivity contribution in [2.45, 2.75) is 38.6 Å². The molecule has 0 radical (unpaired) electrons. The molecule has 18 heavy (non-hydrogen) atoms. The zero-order valence-corrected chi connectivity index (χ0v) is 11.3. The van der Waals surface area contributed by atoms with E-state index in [-0.39, 0.29) is 0 Å². The van der Waals surface area contributed by atoms with Crippen LogP contribution >= 0.6 is 11.6 Å². The Morgan fingerprint density at radius 1 is 1.50 bits per heavy atom. The maximum Gasteiger partial charge on any atom is 0.201 e. The summed E-state index contributed by atoms with van der Waals surface area (Å²) in [6.45, 7) is 2.21. The highest BCUT2D eigenvalue weighted by Gasteiger charge is 2.27. The van der Waals surface area contributed by atoms with Gasteiger partial charge in [0, 0.05) is 11.1 Å². The monoisotopic (exact) mass is 263 g/mol. The Kier molecular flexibility index (Phi) is 2.94. The molecule has 1 saturated carbocycles. The van der Waals surface area contributed by atoms with E-state index < -0.39 is 0 Å². The number of halogens is 1. The van der Waals surface area contributed by atoms with Gasteiger partial charge >= 0.3 is 0 Å². The zero-order chi connectivity index (χ0) is 12.7. The molecule has 1 unspecified atom stereocenters. The third kappa shape index (κ3) is 2.07. The Labute approximate surface area is 112 Å². The minimum absolute atomic E-state index is 0.445. The van der Waals surface area contributed by atoms with Gasteiger partial charge in [-0.05, 0) is 37.0 Å². The van der Waals surface area contributed by atoms with E-state index in [0.717, 1.165) is 28.4 Å². The maximum atomic E-state index is 6.08. The molecule has 4 heteroatoms. The number of nitrogens with zero attached hydrogens (tertiary/aromatic N) is 2. The molecule has 1 aliphatic rings. The van der Waals surface area contributed by atoms with Crippen molar-refractivity contribution in [3.63, 3.8) is 0 Å². The largest absolute Gasteiger partial charge is 0.369 e. The Hall–Kier alpha value is -1.22. The van der Waals surface area contributed by atoms with Gasteiger partial charge in [0.2, 0.25) is 5.95 Å². The second kappa shape index (κ2) is 4.47. The predicted molar refractivity (Wildman–Crippen MR) is 75.8 cm³/mol. The van der Waals surface area contributed by atoms with Crippen molar-refractivity contribution < 1.29 is 0 Å². The second-order valence-corrected chi connectivity index (χ2v) is 5.65. The standard InChI is InChI=1S/C14H18ClN3/c1-2-11(7-9-3-4-9)18-13-8-10(15)5-6-12(13)17-14(18)16/h5-6,8-9,11H,2-4,7H2,1H3,(H2,16,17). The van der Waals surface area contributed by atoms with Gasteiger partial charge in [-0.25, -0.2) is 4.98 Å². The van der Waals surface area contributed by atoms with E-state index in [1.165, 1.54) is 19.3 Å². The molecule has 0 amide bonds. The number of rotatable bonds is 4. The van der Waals surface area contributed by atoms with Crippen LogP contribution in [-0.4, -0.2) is 9.55 Å². The molecule has 1 heterocycles. The summed E-state index contributed by atoms with van der Waals surface area (Å²) < 4.78 is 2.17. The lowest BCUT2D eigenvalue weighted by Gasteiger charge is -2.18. The van der Waals surface area contributed by atoms with Crippen LogP contribution in [0.15, 0.2) is 18.2 Å². The zero-order valence-electron chi connectivity index (χ0n) is 10.6. The first-order valence-electron chi connectivity index (χ1n) is 6.62. The quantitative estimate of drug-likeness (QED) is 0.905. The number of aromatic nitrogens is 2. The number of hydrogen-bond acceptors (Lipinski definition) is 2. The van der Waals surface area contributed by atoms with Crippen LogP contribution in [0.4, 0.5) is 5.95 Å². The van der Waals surface area contributed by atoms with Crippen LogP contribution in [-0.2, 0) is 0 Å². The van der Waals surface area contributed by atoms with E-state index in [4.69, 9.17) is 17.3 Å². The summed E-state index contributed by atoms with van der Waals surface area (Å²) in [6.07, 6.45) is 5.02. The molecular weight excluding hydrogens is 246 g/mol. The summed E-state index contributed by atoms with van der Waals surface area (Å²) in [7, 11) is 0. The van der Waals surface area contributed by atoms with Crippen LogP contribution < -0.4 is 5.73 Å². The van der Waals surface area contributed by atoms with E-state index in [1.54, 1.807) is 0 Å². The van der Waals surface area contributed by atoms with E-state index in [9.17, 15) is 0 Å². The van der Waals surface area contributed by atoms with Gasteiger partial charge in [0.05, 0.1) is 11.0 Å². The smallest absolute Gasteiger partial charge is 0.201 e. The Bertz CT molecular complexity index is 572. The van der Waals surface area contributed by atoms with Crippen LogP contribution in [0.25, 0.3) is 11.0 Å². The Morgan fingerprint density at radius 3 is 2.94 bits per heavy atom. The molecule has 0 bridgehead atoms. The molecule has 3 rings (SSSR count). The van der Waals surface area contributed by atoms with Crippen molar-refractivity contribution in [3.05, 3.63) is 23.2 Å². The molecule has 1 fully saturated rings. The molecule has 0 saturated heterocycles. The van der Waals surface area contributed by atoms with Crippen LogP contribution in [0, 0.1) is 5.92 Å². The minimum atomic E-state index is 0.445. The first-order chi connectivity index (χ1) is 8.69. The third-order valence-electron chi connectivity index (χ3n) is 3.82. The van der Waals surface area contributed by atoms with Gasteiger partial charge < -0.3 is 10.3 Å². The van der Waals surface area contributed by atoms with Gasteiger partial charge in [-0.1, -0.05) is 31.4 Å². The van der Waals surface area contributed by atoms with Gasteiger partial charge in [-0.2, -0.15) is 0 Å². The van der Waals surface area contributed by atoms with Gasteiger partial charge in [-0.3, -0.25) is 0 Å². The van der Waals surface area contributed by atoms with Gasteiger partial charge in [-0.15, -0.1) is 0 Å². The summed E-state index contributed by atoms with van der Waals surface area (Å²) in [5.74, 6) is 1.49. The molecule has 2 aromatic rings. The maximum absolute atomic E-state index is 6.08. The summed E-state index contributed by atoms with van der Waals surface area (Å²) in [6, 6.07) is 6.22. The molecule has 0 aliphatic heterocycles. The summed E-state index contributed by atoms with van der Waals surface area (Å²) in [4.78, 5) is 4.43. The van der Waals surface area contributed by atoms with Crippen molar-refractivity contribution in [1.82, 2.24) is 9.55 Å². The summed E-state index contributed by atoms with van der Waals surface area (Å²) in [5.41, 5.74) is 8.08. The molecule has 1 atom stereocenters. The fourth-order valence-electron chi connectivity index (χ4n) is 2.66. The number of anilines is 1. The molecule has 1 aromatic heterocycles. The molecule has 96 valence electrons. The van der Waals surface area contributed by atoms with Crippen molar-refractivity contribution in [3.8, 4) is 0 Å². The normalized spacial score (nSPS) is 17.2. The molecule has 1 aromatic carbocycles. The lowest BCUT2D eigenvalue weighted by molar-refractivity contribution is 0.442. The van der Waals surface area contributed by atoms with Gasteiger partial charge in [0.1, 0.15) is 0 Å². The Morgan fingerprint density at radius 2 is 2.28 bits per heavy atom. The average Bonchev–Trinajstić information content (AvgIpc) is 3.10. The lowest BCUT2D eigenvalue weighted by Crippen LogP contribution is -2.12. The number of fused-ring (bicyclic) bond motifs is 1. The van der Waals surface area contributed by atoms with E-state index in [1.807, 2.05) is 18.2 Å². The molecule has 3 nitrogen and oxygen atoms in total. The number of benzene rings is 1. The molecular formula is C14H18ClN3. The SMILES string of the molecule is CCC(CC1CC1)n1c(N)nc2ccc(Cl)cc21. The highest BCUT2D eigenvalue weighted by atomic mass is 35.5. The lowest BCUT2D eigenvalue weighted by atomic mass is 10.1. The molecule has 0 spiro atoms. The highest BCUT2D eigenvalue weighted by molar-refractivity contribution is 6.31. The number of nitrogen functional groups attached to an aromatic ring is 1. The second-order valence-electron chi connectivity index (χ2n) is 5.21. The summed E-state index contributed by atoms with van der Waals surface area (Å²) >= 11 is 6.08. The molecule has 1 aliphatic carbocycles. The topological polar surface area (TPSA) is 43.8 Å². The van der Waals surface area contributed by atoms with Crippen molar-refractivity contribution in [2.75, 3.05) is 5.73 Å². The van der Waals surface area contributed by atoms with Gasteiger partial charge in [0.15, 0.2) is 0 Å². The third-order valence-corrected chi connectivity index (χ3v) is 4.05. The molecule has 2 N–H and O–H groups in total. The van der Waals surface area contributed by atoms with Crippen LogP contribution in [0.2, 0.25) is 5.02 Å². The summed E-state index contributed by atoms with van der Waals surface area (Å²) in [5, 5.41) is 0.741. The van der Waals surface area contributed by atoms with E-state index in [0.29, 0.717) is 12.0 Å². The van der Waals surface area contributed by atoms with Crippen LogP contribution in [0.3, 0.4) is 0 Å². The highest BCUT2D eigenvalue weighted by Crippen LogP contribution is 2.39. The first kappa shape index (κ1) is 11.8. The van der Waals surface area contributed by atoms with Crippen LogP contribution in [0.5, 0.6) is 0 Å². The van der Waals surface area contributed by atoms with E-state index in [2.05, 4.69) is 16.5 Å². The van der Waals surface area contributed by atoms with Crippen molar-refractivity contribution >= 4 is 28.6 Å². The van der Waals surface area contributed by atoms with Crippen molar-refractivity contribution in [2.24, 2.45) is 5.92 Å². The van der Waals surface area contributed by atoms with Crippen LogP contribution in [0.1, 0.15) is 38.6 Å². The average molecular weight is 264 g/mol.